The Labute approximate surface area is 119 Å². The van der Waals surface area contributed by atoms with Crippen LogP contribution in [0.25, 0.3) is 11.0 Å². The fraction of sp³-hybridized carbons (Fsp3) is 0.562. The average Bonchev–Trinajstić information content (AvgIpc) is 3.03. The summed E-state index contributed by atoms with van der Waals surface area (Å²) in [6.07, 6.45) is 4.50. The number of fused-ring (bicyclic) bond motifs is 1. The van der Waals surface area contributed by atoms with Crippen molar-refractivity contribution in [3.05, 3.63) is 29.8 Å². The maximum Gasteiger partial charge on any atom is 0.130 e. The van der Waals surface area contributed by atoms with Gasteiger partial charge in [0.05, 0.1) is 16.6 Å². The monoisotopic (exact) mass is 275 g/mol. The van der Waals surface area contributed by atoms with E-state index < -0.39 is 0 Å². The molecule has 20 heavy (non-hydrogen) atoms. The van der Waals surface area contributed by atoms with Crippen molar-refractivity contribution < 1.29 is 4.39 Å². The Morgan fingerprint density at radius 3 is 2.90 bits per heavy atom. The number of aryl methyl sites for hydroxylation is 1. The molecule has 4 heteroatoms. The molecule has 3 nitrogen and oxygen atoms in total. The third-order valence-electron chi connectivity index (χ3n) is 4.38. The minimum atomic E-state index is -0.192. The summed E-state index contributed by atoms with van der Waals surface area (Å²) >= 11 is 0. The minimum Gasteiger partial charge on any atom is -0.327 e. The molecule has 1 unspecified atom stereocenters. The lowest BCUT2D eigenvalue weighted by Gasteiger charge is -2.29. The summed E-state index contributed by atoms with van der Waals surface area (Å²) in [6.45, 7) is 6.17. The number of aromatic nitrogens is 2. The second kappa shape index (κ2) is 5.17. The second-order valence-corrected chi connectivity index (χ2v) is 5.68. The Kier molecular flexibility index (Phi) is 3.50. The van der Waals surface area contributed by atoms with Crippen LogP contribution in [-0.4, -0.2) is 16.1 Å². The van der Waals surface area contributed by atoms with Gasteiger partial charge in [-0.25, -0.2) is 9.37 Å². The molecule has 1 aromatic carbocycles. The van der Waals surface area contributed by atoms with Crippen molar-refractivity contribution in [3.8, 4) is 0 Å². The number of nitrogens with one attached hydrogen (secondary N) is 1. The fourth-order valence-corrected chi connectivity index (χ4v) is 3.53. The second-order valence-electron chi connectivity index (χ2n) is 5.68. The lowest BCUT2D eigenvalue weighted by molar-refractivity contribution is 0.324. The van der Waals surface area contributed by atoms with Gasteiger partial charge in [0.15, 0.2) is 0 Å². The van der Waals surface area contributed by atoms with E-state index in [1.807, 2.05) is 0 Å². The summed E-state index contributed by atoms with van der Waals surface area (Å²) in [5.41, 5.74) is 1.78. The summed E-state index contributed by atoms with van der Waals surface area (Å²) in [6, 6.07) is 4.88. The first kappa shape index (κ1) is 13.6. The first-order valence-electron chi connectivity index (χ1n) is 7.61. The smallest absolute Gasteiger partial charge is 0.130 e. The quantitative estimate of drug-likeness (QED) is 0.924. The molecule has 1 atom stereocenters. The average molecular weight is 275 g/mol. The molecule has 1 fully saturated rings. The molecule has 0 radical (unpaired) electrons. The van der Waals surface area contributed by atoms with Crippen LogP contribution in [0.1, 0.15) is 45.4 Å². The van der Waals surface area contributed by atoms with E-state index in [1.54, 1.807) is 12.1 Å². The topological polar surface area (TPSA) is 29.9 Å². The van der Waals surface area contributed by atoms with Crippen LogP contribution in [0.5, 0.6) is 0 Å². The largest absolute Gasteiger partial charge is 0.327 e. The maximum atomic E-state index is 13.5. The number of hydrogen-bond acceptors (Lipinski definition) is 2. The van der Waals surface area contributed by atoms with Crippen molar-refractivity contribution in [3.63, 3.8) is 0 Å². The van der Waals surface area contributed by atoms with Gasteiger partial charge >= 0.3 is 0 Å². The Morgan fingerprint density at radius 2 is 2.25 bits per heavy atom. The van der Waals surface area contributed by atoms with Crippen molar-refractivity contribution in [2.24, 2.45) is 0 Å². The molecule has 1 aromatic heterocycles. The van der Waals surface area contributed by atoms with E-state index in [0.29, 0.717) is 0 Å². The Morgan fingerprint density at radius 1 is 1.40 bits per heavy atom. The normalized spacial score (nSPS) is 22.8. The highest BCUT2D eigenvalue weighted by molar-refractivity contribution is 5.76. The molecule has 0 aliphatic carbocycles. The molecule has 0 saturated carbocycles. The highest BCUT2D eigenvalue weighted by atomic mass is 19.1. The first-order chi connectivity index (χ1) is 9.70. The molecule has 1 aliphatic heterocycles. The Hall–Kier alpha value is -1.42. The van der Waals surface area contributed by atoms with Crippen LogP contribution in [0, 0.1) is 5.82 Å². The van der Waals surface area contributed by atoms with Crippen LogP contribution < -0.4 is 5.32 Å². The standard InChI is InChI=1S/C16H22FN3/c1-3-8-16(9-5-10-18-16)15-19-13-7-6-12(17)11-14(13)20(15)4-2/h6-7,11,18H,3-5,8-10H2,1-2H3. The number of nitrogens with zero attached hydrogens (tertiary/aromatic N) is 2. The van der Waals surface area contributed by atoms with Crippen LogP contribution >= 0.6 is 0 Å². The number of halogens is 1. The van der Waals surface area contributed by atoms with Gasteiger partial charge in [-0.15, -0.1) is 0 Å². The molecule has 0 spiro atoms. The molecule has 1 aliphatic rings. The molecular weight excluding hydrogens is 253 g/mol. The van der Waals surface area contributed by atoms with E-state index in [-0.39, 0.29) is 11.4 Å². The van der Waals surface area contributed by atoms with Gasteiger partial charge in [0.1, 0.15) is 11.6 Å². The van der Waals surface area contributed by atoms with Gasteiger partial charge in [-0.1, -0.05) is 13.3 Å². The third-order valence-corrected chi connectivity index (χ3v) is 4.38. The van der Waals surface area contributed by atoms with Crippen LogP contribution in [0.4, 0.5) is 4.39 Å². The SMILES string of the molecule is CCCC1(c2nc3ccc(F)cc3n2CC)CCCN1. The van der Waals surface area contributed by atoms with Gasteiger partial charge in [-0.2, -0.15) is 0 Å². The molecule has 1 saturated heterocycles. The predicted molar refractivity (Wildman–Crippen MR) is 79.2 cm³/mol. The maximum absolute atomic E-state index is 13.5. The zero-order valence-corrected chi connectivity index (χ0v) is 12.2. The number of hydrogen-bond donors (Lipinski definition) is 1. The zero-order valence-electron chi connectivity index (χ0n) is 12.2. The molecule has 3 rings (SSSR count). The van der Waals surface area contributed by atoms with Crippen molar-refractivity contribution in [1.82, 2.24) is 14.9 Å². The third kappa shape index (κ3) is 2.03. The summed E-state index contributed by atoms with van der Waals surface area (Å²) in [5.74, 6) is 0.891. The summed E-state index contributed by atoms with van der Waals surface area (Å²) < 4.78 is 15.7. The molecular formula is C16H22FN3. The summed E-state index contributed by atoms with van der Waals surface area (Å²) in [7, 11) is 0. The molecule has 1 N–H and O–H groups in total. The number of imidazole rings is 1. The van der Waals surface area contributed by atoms with Crippen LogP contribution in [-0.2, 0) is 12.1 Å². The number of rotatable bonds is 4. The van der Waals surface area contributed by atoms with Gasteiger partial charge in [0, 0.05) is 6.54 Å². The molecule has 108 valence electrons. The first-order valence-corrected chi connectivity index (χ1v) is 7.61. The van der Waals surface area contributed by atoms with Crippen LogP contribution in [0.3, 0.4) is 0 Å². The van der Waals surface area contributed by atoms with Gasteiger partial charge in [0.25, 0.3) is 0 Å². The van der Waals surface area contributed by atoms with E-state index in [4.69, 9.17) is 4.98 Å². The highest BCUT2D eigenvalue weighted by Crippen LogP contribution is 2.36. The lowest BCUT2D eigenvalue weighted by Crippen LogP contribution is -2.39. The summed E-state index contributed by atoms with van der Waals surface area (Å²) in [5, 5.41) is 3.66. The minimum absolute atomic E-state index is 0.0275. The zero-order chi connectivity index (χ0) is 14.2. The van der Waals surface area contributed by atoms with Gasteiger partial charge in [0.2, 0.25) is 0 Å². The van der Waals surface area contributed by atoms with Crippen molar-refractivity contribution in [2.75, 3.05) is 6.54 Å². The fourth-order valence-electron chi connectivity index (χ4n) is 3.53. The molecule has 2 heterocycles. The van der Waals surface area contributed by atoms with Gasteiger partial charge < -0.3 is 9.88 Å². The molecule has 0 bridgehead atoms. The van der Waals surface area contributed by atoms with E-state index >= 15 is 0 Å². The highest BCUT2D eigenvalue weighted by Gasteiger charge is 2.38. The number of benzene rings is 1. The van der Waals surface area contributed by atoms with E-state index in [2.05, 4.69) is 23.7 Å². The van der Waals surface area contributed by atoms with E-state index in [1.165, 1.54) is 12.5 Å². The molecule has 2 aromatic rings. The van der Waals surface area contributed by atoms with Crippen molar-refractivity contribution >= 4 is 11.0 Å². The van der Waals surface area contributed by atoms with Crippen molar-refractivity contribution in [2.45, 2.75) is 51.6 Å². The Bertz CT molecular complexity index is 611. The van der Waals surface area contributed by atoms with Crippen LogP contribution in [0.2, 0.25) is 0 Å². The van der Waals surface area contributed by atoms with Gasteiger partial charge in [-0.05, 0) is 50.9 Å². The van der Waals surface area contributed by atoms with Gasteiger partial charge in [-0.3, -0.25) is 0 Å². The summed E-state index contributed by atoms with van der Waals surface area (Å²) in [4.78, 5) is 4.83. The van der Waals surface area contributed by atoms with E-state index in [9.17, 15) is 4.39 Å². The van der Waals surface area contributed by atoms with E-state index in [0.717, 1.165) is 49.2 Å². The predicted octanol–water partition coefficient (Wildman–Crippen LogP) is 3.57. The Balaban J connectivity index is 2.19. The van der Waals surface area contributed by atoms with Crippen molar-refractivity contribution in [1.29, 1.82) is 0 Å². The van der Waals surface area contributed by atoms with Crippen LogP contribution in [0.15, 0.2) is 18.2 Å². The lowest BCUT2D eigenvalue weighted by atomic mass is 9.91. The molecule has 0 amide bonds.